The third-order valence-electron chi connectivity index (χ3n) is 5.55. The van der Waals surface area contributed by atoms with Crippen molar-refractivity contribution in [2.24, 2.45) is 0 Å². The number of carbonyl (C=O) groups excluding carboxylic acids is 1. The van der Waals surface area contributed by atoms with Crippen LogP contribution in [0, 0.1) is 5.82 Å². The first-order valence-electron chi connectivity index (χ1n) is 10.9. The highest BCUT2D eigenvalue weighted by atomic mass is 32.2. The molecule has 1 saturated heterocycles. The maximum atomic E-state index is 14.4. The number of pyridine rings is 1. The molecular formula is C25H22FN5OS2. The van der Waals surface area contributed by atoms with Gasteiger partial charge in [0.25, 0.3) is 0 Å². The number of halogens is 1. The van der Waals surface area contributed by atoms with Gasteiger partial charge >= 0.3 is 0 Å². The zero-order chi connectivity index (χ0) is 23.3. The van der Waals surface area contributed by atoms with Crippen LogP contribution in [0.3, 0.4) is 0 Å². The quantitative estimate of drug-likeness (QED) is 0.343. The van der Waals surface area contributed by atoms with Crippen LogP contribution in [0.4, 0.5) is 4.39 Å². The Labute approximate surface area is 205 Å². The molecule has 4 aromatic rings. The fourth-order valence-electron chi connectivity index (χ4n) is 3.89. The number of benzene rings is 2. The van der Waals surface area contributed by atoms with Gasteiger partial charge in [-0.05, 0) is 23.8 Å². The van der Waals surface area contributed by atoms with Crippen molar-refractivity contribution in [3.63, 3.8) is 0 Å². The Balaban J connectivity index is 1.36. The second kappa shape index (κ2) is 10.4. The predicted octanol–water partition coefficient (Wildman–Crippen LogP) is 4.89. The Morgan fingerprint density at radius 2 is 1.79 bits per heavy atom. The molecule has 9 heteroatoms. The number of amides is 1. The van der Waals surface area contributed by atoms with E-state index in [1.54, 1.807) is 47.3 Å². The molecule has 3 heterocycles. The van der Waals surface area contributed by atoms with Crippen molar-refractivity contribution in [1.82, 2.24) is 24.6 Å². The standard InChI is InChI=1S/C25H22FN5OS2/c26-21-9-5-4-8-20(21)24-30(14-15-33-24)22(32)17-34-25-29-28-23(19-10-12-27-13-11-19)31(25)16-18-6-2-1-3-7-18/h1-13,24H,14-17H2/t24-/m0/s1. The number of hydrogen-bond acceptors (Lipinski definition) is 6. The van der Waals surface area contributed by atoms with Gasteiger partial charge in [-0.1, -0.05) is 60.3 Å². The fourth-order valence-corrected chi connectivity index (χ4v) is 6.01. The predicted molar refractivity (Wildman–Crippen MR) is 133 cm³/mol. The van der Waals surface area contributed by atoms with Crippen LogP contribution in [0.25, 0.3) is 11.4 Å². The summed E-state index contributed by atoms with van der Waals surface area (Å²) in [6.07, 6.45) is 3.45. The van der Waals surface area contributed by atoms with Crippen molar-refractivity contribution in [3.8, 4) is 11.4 Å². The van der Waals surface area contributed by atoms with Gasteiger partial charge in [0.15, 0.2) is 11.0 Å². The van der Waals surface area contributed by atoms with Crippen LogP contribution in [-0.2, 0) is 11.3 Å². The molecule has 1 aliphatic heterocycles. The van der Waals surface area contributed by atoms with E-state index in [9.17, 15) is 9.18 Å². The average molecular weight is 492 g/mol. The number of hydrogen-bond donors (Lipinski definition) is 0. The van der Waals surface area contributed by atoms with Crippen LogP contribution in [0.15, 0.2) is 84.3 Å². The lowest BCUT2D eigenvalue weighted by molar-refractivity contribution is -0.128. The van der Waals surface area contributed by atoms with Crippen LogP contribution >= 0.6 is 23.5 Å². The summed E-state index contributed by atoms with van der Waals surface area (Å²) in [4.78, 5) is 19.0. The average Bonchev–Trinajstić information content (AvgIpc) is 3.52. The summed E-state index contributed by atoms with van der Waals surface area (Å²) < 4.78 is 16.4. The topological polar surface area (TPSA) is 63.9 Å². The van der Waals surface area contributed by atoms with Crippen LogP contribution in [0.2, 0.25) is 0 Å². The number of rotatable bonds is 7. The number of thioether (sulfide) groups is 2. The third kappa shape index (κ3) is 4.85. The Kier molecular flexibility index (Phi) is 6.92. The van der Waals surface area contributed by atoms with E-state index in [2.05, 4.69) is 27.3 Å². The minimum atomic E-state index is -0.302. The van der Waals surface area contributed by atoms with E-state index in [1.807, 2.05) is 34.9 Å². The molecule has 0 aliphatic carbocycles. The smallest absolute Gasteiger partial charge is 0.234 e. The molecule has 34 heavy (non-hydrogen) atoms. The van der Waals surface area contributed by atoms with Gasteiger partial charge in [-0.25, -0.2) is 4.39 Å². The fraction of sp³-hybridized carbons (Fsp3) is 0.200. The van der Waals surface area contributed by atoms with Gasteiger partial charge in [-0.3, -0.25) is 14.3 Å². The molecule has 0 radical (unpaired) electrons. The zero-order valence-corrected chi connectivity index (χ0v) is 19.9. The van der Waals surface area contributed by atoms with Gasteiger partial charge in [0.05, 0.1) is 12.3 Å². The van der Waals surface area contributed by atoms with E-state index >= 15 is 0 Å². The molecule has 0 spiro atoms. The van der Waals surface area contributed by atoms with Gasteiger partial charge in [0, 0.05) is 35.8 Å². The molecule has 6 nitrogen and oxygen atoms in total. The zero-order valence-electron chi connectivity index (χ0n) is 18.3. The Morgan fingerprint density at radius 3 is 2.59 bits per heavy atom. The maximum Gasteiger partial charge on any atom is 0.234 e. The van der Waals surface area contributed by atoms with Crippen molar-refractivity contribution in [3.05, 3.63) is 96.1 Å². The summed E-state index contributed by atoms with van der Waals surface area (Å²) in [7, 11) is 0. The summed E-state index contributed by atoms with van der Waals surface area (Å²) in [5.41, 5.74) is 2.57. The minimum Gasteiger partial charge on any atom is -0.325 e. The number of carbonyl (C=O) groups is 1. The number of aromatic nitrogens is 4. The summed E-state index contributed by atoms with van der Waals surface area (Å²) in [6.45, 7) is 1.18. The first-order valence-corrected chi connectivity index (χ1v) is 12.9. The van der Waals surface area contributed by atoms with Crippen LogP contribution < -0.4 is 0 Å². The summed E-state index contributed by atoms with van der Waals surface area (Å²) >= 11 is 2.95. The Hall–Kier alpha value is -3.17. The second-order valence-electron chi connectivity index (χ2n) is 7.73. The lowest BCUT2D eigenvalue weighted by Gasteiger charge is -2.24. The molecule has 2 aromatic carbocycles. The van der Waals surface area contributed by atoms with Crippen LogP contribution in [-0.4, -0.2) is 48.6 Å². The van der Waals surface area contributed by atoms with Gasteiger partial charge in [0.1, 0.15) is 11.2 Å². The van der Waals surface area contributed by atoms with Crippen molar-refractivity contribution in [2.75, 3.05) is 18.1 Å². The maximum absolute atomic E-state index is 14.4. The van der Waals surface area contributed by atoms with Gasteiger partial charge in [-0.15, -0.1) is 22.0 Å². The van der Waals surface area contributed by atoms with E-state index in [4.69, 9.17) is 0 Å². The highest BCUT2D eigenvalue weighted by molar-refractivity contribution is 8.00. The Morgan fingerprint density at radius 1 is 1.03 bits per heavy atom. The van der Waals surface area contributed by atoms with Gasteiger partial charge in [-0.2, -0.15) is 0 Å². The molecule has 2 aromatic heterocycles. The van der Waals surface area contributed by atoms with Crippen molar-refractivity contribution < 1.29 is 9.18 Å². The van der Waals surface area contributed by atoms with E-state index < -0.39 is 0 Å². The molecule has 172 valence electrons. The highest BCUT2D eigenvalue weighted by Crippen LogP contribution is 2.39. The highest BCUT2D eigenvalue weighted by Gasteiger charge is 2.32. The van der Waals surface area contributed by atoms with Crippen molar-refractivity contribution in [1.29, 1.82) is 0 Å². The molecule has 5 rings (SSSR count). The van der Waals surface area contributed by atoms with Crippen molar-refractivity contribution in [2.45, 2.75) is 17.1 Å². The molecule has 1 aliphatic rings. The van der Waals surface area contributed by atoms with Gasteiger partial charge in [0.2, 0.25) is 5.91 Å². The minimum absolute atomic E-state index is 0.0389. The molecule has 0 bridgehead atoms. The van der Waals surface area contributed by atoms with E-state index in [-0.39, 0.29) is 22.9 Å². The summed E-state index contributed by atoms with van der Waals surface area (Å²) in [6, 6.07) is 20.5. The molecular weight excluding hydrogens is 469 g/mol. The lowest BCUT2D eigenvalue weighted by atomic mass is 10.2. The van der Waals surface area contributed by atoms with Crippen LogP contribution in [0.5, 0.6) is 0 Å². The molecule has 0 unspecified atom stereocenters. The molecule has 0 saturated carbocycles. The van der Waals surface area contributed by atoms with E-state index in [0.717, 1.165) is 22.7 Å². The molecule has 1 atom stereocenters. The second-order valence-corrected chi connectivity index (χ2v) is 9.86. The van der Waals surface area contributed by atoms with Gasteiger partial charge < -0.3 is 4.90 Å². The first-order chi connectivity index (χ1) is 16.7. The molecule has 1 amide bonds. The molecule has 1 fully saturated rings. The SMILES string of the molecule is O=C(CSc1nnc(-c2ccncc2)n1Cc1ccccc1)N1CCS[C@H]1c1ccccc1F. The number of nitrogens with zero attached hydrogens (tertiary/aromatic N) is 5. The van der Waals surface area contributed by atoms with E-state index in [0.29, 0.717) is 23.8 Å². The molecule has 0 N–H and O–H groups in total. The first kappa shape index (κ1) is 22.6. The lowest BCUT2D eigenvalue weighted by Crippen LogP contribution is -2.32. The monoisotopic (exact) mass is 491 g/mol. The van der Waals surface area contributed by atoms with Crippen LogP contribution in [0.1, 0.15) is 16.5 Å². The Bertz CT molecular complexity index is 1270. The summed E-state index contributed by atoms with van der Waals surface area (Å²) in [5, 5.41) is 9.18. The van der Waals surface area contributed by atoms with Crippen molar-refractivity contribution >= 4 is 29.4 Å². The third-order valence-corrected chi connectivity index (χ3v) is 7.74. The normalized spacial score (nSPS) is 15.6. The largest absolute Gasteiger partial charge is 0.325 e. The van der Waals surface area contributed by atoms with E-state index in [1.165, 1.54) is 17.8 Å². The summed E-state index contributed by atoms with van der Waals surface area (Å²) in [5.74, 6) is 1.39.